The van der Waals surface area contributed by atoms with Gasteiger partial charge in [-0.3, -0.25) is 20.4 Å². The summed E-state index contributed by atoms with van der Waals surface area (Å²) in [4.78, 5) is 24.0. The molecule has 1 aromatic carbocycles. The maximum atomic E-state index is 12.0. The van der Waals surface area contributed by atoms with E-state index in [0.29, 0.717) is 18.1 Å². The molecule has 6 heteroatoms. The van der Waals surface area contributed by atoms with Gasteiger partial charge in [-0.1, -0.05) is 38.7 Å². The third-order valence-electron chi connectivity index (χ3n) is 4.66. The summed E-state index contributed by atoms with van der Waals surface area (Å²) < 4.78 is 11.0. The Balaban J connectivity index is 1.84. The van der Waals surface area contributed by atoms with Crippen LogP contribution in [0.15, 0.2) is 24.3 Å². The van der Waals surface area contributed by atoms with Crippen LogP contribution >= 0.6 is 0 Å². The van der Waals surface area contributed by atoms with E-state index in [4.69, 9.17) is 9.47 Å². The second-order valence-corrected chi connectivity index (χ2v) is 6.76. The third kappa shape index (κ3) is 6.96. The molecule has 0 atom stereocenters. The average Bonchev–Trinajstić information content (AvgIpc) is 2.71. The zero-order chi connectivity index (χ0) is 19.5. The molecular formula is C21H30N2O4. The molecule has 148 valence electrons. The highest BCUT2D eigenvalue weighted by Crippen LogP contribution is 2.28. The van der Waals surface area contributed by atoms with Crippen LogP contribution < -0.4 is 20.3 Å². The van der Waals surface area contributed by atoms with E-state index in [9.17, 15) is 9.59 Å². The summed E-state index contributed by atoms with van der Waals surface area (Å²) in [6.07, 6.45) is 10.2. The Hall–Kier alpha value is -2.50. The van der Waals surface area contributed by atoms with Crippen LogP contribution in [0.2, 0.25) is 0 Å². The van der Waals surface area contributed by atoms with Crippen LogP contribution in [-0.4, -0.2) is 25.5 Å². The van der Waals surface area contributed by atoms with Gasteiger partial charge in [0.15, 0.2) is 11.5 Å². The number of methoxy groups -OCH3 is 1. The van der Waals surface area contributed by atoms with Gasteiger partial charge in [0.05, 0.1) is 13.7 Å². The Labute approximate surface area is 161 Å². The van der Waals surface area contributed by atoms with Gasteiger partial charge in [0, 0.05) is 12.0 Å². The van der Waals surface area contributed by atoms with Crippen LogP contribution in [0.3, 0.4) is 0 Å². The lowest BCUT2D eigenvalue weighted by Gasteiger charge is -2.20. The van der Waals surface area contributed by atoms with Crippen molar-refractivity contribution in [1.82, 2.24) is 10.9 Å². The maximum absolute atomic E-state index is 12.0. The van der Waals surface area contributed by atoms with E-state index in [1.54, 1.807) is 13.2 Å². The lowest BCUT2D eigenvalue weighted by Crippen LogP contribution is -2.44. The first-order valence-corrected chi connectivity index (χ1v) is 9.72. The second-order valence-electron chi connectivity index (χ2n) is 6.76. The Morgan fingerprint density at radius 3 is 2.63 bits per heavy atom. The highest BCUT2D eigenvalue weighted by molar-refractivity contribution is 5.93. The third-order valence-corrected chi connectivity index (χ3v) is 4.66. The smallest absolute Gasteiger partial charge is 0.262 e. The first-order chi connectivity index (χ1) is 13.1. The van der Waals surface area contributed by atoms with Gasteiger partial charge in [-0.15, -0.1) is 0 Å². The van der Waals surface area contributed by atoms with Crippen LogP contribution in [0, 0.1) is 5.92 Å². The fourth-order valence-electron chi connectivity index (χ4n) is 3.04. The molecule has 1 aromatic rings. The number of amides is 2. The summed E-state index contributed by atoms with van der Waals surface area (Å²) >= 11 is 0. The molecule has 0 heterocycles. The standard InChI is InChI=1S/C21H30N2O4/c1-3-4-14-27-18-12-10-16(15-19(18)26-2)11-13-20(24)22-23-21(25)17-8-6-5-7-9-17/h10-13,15,17H,3-9,14H2,1-2H3,(H,22,24)(H,23,25)/b13-11+. The largest absolute Gasteiger partial charge is 0.493 e. The second kappa shape index (κ2) is 11.3. The summed E-state index contributed by atoms with van der Waals surface area (Å²) in [6, 6.07) is 5.50. The van der Waals surface area contributed by atoms with Crippen LogP contribution in [0.4, 0.5) is 0 Å². The van der Waals surface area contributed by atoms with E-state index in [-0.39, 0.29) is 17.7 Å². The van der Waals surface area contributed by atoms with Crippen molar-refractivity contribution >= 4 is 17.9 Å². The summed E-state index contributed by atoms with van der Waals surface area (Å²) in [5, 5.41) is 0. The van der Waals surface area contributed by atoms with E-state index >= 15 is 0 Å². The molecule has 2 N–H and O–H groups in total. The van der Waals surface area contributed by atoms with E-state index in [2.05, 4.69) is 17.8 Å². The summed E-state index contributed by atoms with van der Waals surface area (Å²) in [5.41, 5.74) is 5.77. The topological polar surface area (TPSA) is 76.7 Å². The van der Waals surface area contributed by atoms with Gasteiger partial charge in [-0.2, -0.15) is 0 Å². The molecule has 0 saturated heterocycles. The lowest BCUT2D eigenvalue weighted by atomic mass is 9.89. The predicted molar refractivity (Wildman–Crippen MR) is 105 cm³/mol. The molecule has 6 nitrogen and oxygen atoms in total. The van der Waals surface area contributed by atoms with Crippen molar-refractivity contribution in [3.05, 3.63) is 29.8 Å². The molecule has 1 aliphatic rings. The van der Waals surface area contributed by atoms with Gasteiger partial charge < -0.3 is 9.47 Å². The van der Waals surface area contributed by atoms with E-state index in [0.717, 1.165) is 44.1 Å². The number of rotatable bonds is 8. The first kappa shape index (κ1) is 20.8. The molecule has 0 aliphatic heterocycles. The maximum Gasteiger partial charge on any atom is 0.262 e. The molecule has 1 fully saturated rings. The fraction of sp³-hybridized carbons (Fsp3) is 0.524. The number of benzene rings is 1. The van der Waals surface area contributed by atoms with Gasteiger partial charge in [-0.25, -0.2) is 0 Å². The molecule has 0 spiro atoms. The van der Waals surface area contributed by atoms with Crippen molar-refractivity contribution < 1.29 is 19.1 Å². The molecule has 0 radical (unpaired) electrons. The Morgan fingerprint density at radius 2 is 1.93 bits per heavy atom. The van der Waals surface area contributed by atoms with Crippen LogP contribution in [0.1, 0.15) is 57.4 Å². The van der Waals surface area contributed by atoms with Crippen molar-refractivity contribution in [2.24, 2.45) is 5.92 Å². The Kier molecular flexibility index (Phi) is 8.68. The molecule has 1 saturated carbocycles. The number of ether oxygens (including phenoxy) is 2. The summed E-state index contributed by atoms with van der Waals surface area (Å²) in [7, 11) is 1.59. The summed E-state index contributed by atoms with van der Waals surface area (Å²) in [6.45, 7) is 2.75. The molecular weight excluding hydrogens is 344 g/mol. The van der Waals surface area contributed by atoms with Gasteiger partial charge in [0.2, 0.25) is 5.91 Å². The van der Waals surface area contributed by atoms with Crippen molar-refractivity contribution in [1.29, 1.82) is 0 Å². The number of hydrazine groups is 1. The van der Waals surface area contributed by atoms with Crippen molar-refractivity contribution in [2.45, 2.75) is 51.9 Å². The molecule has 0 bridgehead atoms. The number of nitrogens with one attached hydrogen (secondary N) is 2. The van der Waals surface area contributed by atoms with Crippen molar-refractivity contribution in [3.63, 3.8) is 0 Å². The van der Waals surface area contributed by atoms with E-state index in [1.165, 1.54) is 12.5 Å². The fourth-order valence-corrected chi connectivity index (χ4v) is 3.04. The number of carbonyl (C=O) groups is 2. The minimum atomic E-state index is -0.374. The predicted octanol–water partition coefficient (Wildman–Crippen LogP) is 3.62. The highest BCUT2D eigenvalue weighted by atomic mass is 16.5. The van der Waals surface area contributed by atoms with Crippen molar-refractivity contribution in [3.8, 4) is 11.5 Å². The Morgan fingerprint density at radius 1 is 1.15 bits per heavy atom. The van der Waals surface area contributed by atoms with Crippen molar-refractivity contribution in [2.75, 3.05) is 13.7 Å². The quantitative estimate of drug-likeness (QED) is 0.414. The zero-order valence-corrected chi connectivity index (χ0v) is 16.3. The minimum Gasteiger partial charge on any atom is -0.493 e. The molecule has 2 rings (SSSR count). The zero-order valence-electron chi connectivity index (χ0n) is 16.3. The van der Waals surface area contributed by atoms with Gasteiger partial charge >= 0.3 is 0 Å². The van der Waals surface area contributed by atoms with Gasteiger partial charge in [0.25, 0.3) is 5.91 Å². The van der Waals surface area contributed by atoms with Crippen LogP contribution in [-0.2, 0) is 9.59 Å². The summed E-state index contributed by atoms with van der Waals surface area (Å²) in [5.74, 6) is 0.840. The van der Waals surface area contributed by atoms with E-state index in [1.807, 2.05) is 18.2 Å². The molecule has 2 amide bonds. The highest BCUT2D eigenvalue weighted by Gasteiger charge is 2.20. The van der Waals surface area contributed by atoms with Gasteiger partial charge in [0.1, 0.15) is 0 Å². The number of hydrogen-bond acceptors (Lipinski definition) is 4. The average molecular weight is 374 g/mol. The molecule has 27 heavy (non-hydrogen) atoms. The van der Waals surface area contributed by atoms with Gasteiger partial charge in [-0.05, 0) is 43.0 Å². The Bertz CT molecular complexity index is 652. The lowest BCUT2D eigenvalue weighted by molar-refractivity contribution is -0.130. The van der Waals surface area contributed by atoms with Crippen LogP contribution in [0.25, 0.3) is 6.08 Å². The number of carbonyl (C=O) groups excluding carboxylic acids is 2. The SMILES string of the molecule is CCCCOc1ccc(/C=C/C(=O)NNC(=O)C2CCCCC2)cc1OC. The normalized spacial score (nSPS) is 14.7. The molecule has 0 aromatic heterocycles. The van der Waals surface area contributed by atoms with Crippen LogP contribution in [0.5, 0.6) is 11.5 Å². The number of hydrogen-bond donors (Lipinski definition) is 2. The van der Waals surface area contributed by atoms with E-state index < -0.39 is 0 Å². The minimum absolute atomic E-state index is 0.00698. The molecule has 0 unspecified atom stereocenters. The number of unbranched alkanes of at least 4 members (excludes halogenated alkanes) is 1. The first-order valence-electron chi connectivity index (χ1n) is 9.72. The molecule has 1 aliphatic carbocycles. The monoisotopic (exact) mass is 374 g/mol.